The number of anilines is 1. The first kappa shape index (κ1) is 16.9. The van der Waals surface area contributed by atoms with Crippen molar-refractivity contribution >= 4 is 28.4 Å². The second-order valence-corrected chi connectivity index (χ2v) is 6.50. The Bertz CT molecular complexity index is 467. The number of halogens is 1. The van der Waals surface area contributed by atoms with Gasteiger partial charge in [0.25, 0.3) is 0 Å². The van der Waals surface area contributed by atoms with Gasteiger partial charge in [0.05, 0.1) is 15.9 Å². The highest BCUT2D eigenvalue weighted by Gasteiger charge is 2.25. The number of aromatic nitrogens is 2. The van der Waals surface area contributed by atoms with Gasteiger partial charge in [-0.1, -0.05) is 13.8 Å². The molecule has 0 radical (unpaired) electrons. The Morgan fingerprint density at radius 3 is 2.86 bits per heavy atom. The summed E-state index contributed by atoms with van der Waals surface area (Å²) in [6.07, 6.45) is 2.24. The van der Waals surface area contributed by atoms with Crippen molar-refractivity contribution in [2.45, 2.75) is 39.7 Å². The summed E-state index contributed by atoms with van der Waals surface area (Å²) in [4.78, 5) is 11.8. The maximum absolute atomic E-state index is 5.90. The molecule has 1 aromatic heterocycles. The third kappa shape index (κ3) is 4.50. The van der Waals surface area contributed by atoms with Crippen LogP contribution in [0, 0.1) is 10.5 Å². The van der Waals surface area contributed by atoms with E-state index in [1.807, 2.05) is 6.92 Å². The number of aryl methyl sites for hydroxylation is 1. The lowest BCUT2D eigenvalue weighted by molar-refractivity contribution is -0.0342. The molecule has 1 unspecified atom stereocenters. The van der Waals surface area contributed by atoms with Gasteiger partial charge >= 0.3 is 0 Å². The van der Waals surface area contributed by atoms with Gasteiger partial charge in [0.2, 0.25) is 0 Å². The molecule has 1 N–H and O–H groups in total. The highest BCUT2D eigenvalue weighted by molar-refractivity contribution is 14.1. The predicted octanol–water partition coefficient (Wildman–Crippen LogP) is 2.99. The number of rotatable bonds is 6. The highest BCUT2D eigenvalue weighted by Crippen LogP contribution is 2.25. The van der Waals surface area contributed by atoms with Crippen LogP contribution in [0.2, 0.25) is 0 Å². The molecule has 0 aromatic carbocycles. The summed E-state index contributed by atoms with van der Waals surface area (Å²) < 4.78 is 7.00. The van der Waals surface area contributed by atoms with E-state index in [9.17, 15) is 0 Å². The Morgan fingerprint density at radius 2 is 2.14 bits per heavy atom. The SMILES string of the molecule is CCCNc1nc(C2CN(CCC)CCO2)nc(C)c1I. The Hall–Kier alpha value is -0.470. The fourth-order valence-corrected chi connectivity index (χ4v) is 2.90. The number of hydrogen-bond donors (Lipinski definition) is 1. The summed E-state index contributed by atoms with van der Waals surface area (Å²) in [5.41, 5.74) is 1.02. The van der Waals surface area contributed by atoms with E-state index in [-0.39, 0.29) is 6.10 Å². The third-order valence-electron chi connectivity index (χ3n) is 3.55. The number of nitrogens with zero attached hydrogens (tertiary/aromatic N) is 3. The minimum atomic E-state index is -0.0109. The van der Waals surface area contributed by atoms with E-state index in [4.69, 9.17) is 9.72 Å². The average molecular weight is 404 g/mol. The van der Waals surface area contributed by atoms with E-state index >= 15 is 0 Å². The Kier molecular flexibility index (Phi) is 6.63. The first-order chi connectivity index (χ1) is 10.2. The summed E-state index contributed by atoms with van der Waals surface area (Å²) >= 11 is 2.31. The molecule has 1 fully saturated rings. The molecular formula is C15H25IN4O. The van der Waals surface area contributed by atoms with Gasteiger partial charge < -0.3 is 10.1 Å². The lowest BCUT2D eigenvalue weighted by Crippen LogP contribution is -2.39. The molecule has 6 heteroatoms. The van der Waals surface area contributed by atoms with Crippen LogP contribution in [-0.2, 0) is 4.74 Å². The van der Waals surface area contributed by atoms with Crippen LogP contribution in [0.4, 0.5) is 5.82 Å². The molecule has 1 atom stereocenters. The summed E-state index contributed by atoms with van der Waals surface area (Å²) in [7, 11) is 0. The number of hydrogen-bond acceptors (Lipinski definition) is 5. The van der Waals surface area contributed by atoms with Crippen molar-refractivity contribution in [1.29, 1.82) is 0 Å². The van der Waals surface area contributed by atoms with Gasteiger partial charge in [-0.2, -0.15) is 0 Å². The second-order valence-electron chi connectivity index (χ2n) is 5.42. The number of morpholine rings is 1. The number of nitrogens with one attached hydrogen (secondary N) is 1. The summed E-state index contributed by atoms with van der Waals surface area (Å²) in [5, 5.41) is 3.39. The van der Waals surface area contributed by atoms with Crippen molar-refractivity contribution in [3.63, 3.8) is 0 Å². The van der Waals surface area contributed by atoms with Crippen LogP contribution in [0.5, 0.6) is 0 Å². The Labute approximate surface area is 141 Å². The van der Waals surface area contributed by atoms with Crippen molar-refractivity contribution < 1.29 is 4.74 Å². The summed E-state index contributed by atoms with van der Waals surface area (Å²) in [6, 6.07) is 0. The average Bonchev–Trinajstić information content (AvgIpc) is 2.49. The van der Waals surface area contributed by atoms with Crippen molar-refractivity contribution in [3.05, 3.63) is 15.1 Å². The zero-order valence-corrected chi connectivity index (χ0v) is 15.3. The van der Waals surface area contributed by atoms with Crippen LogP contribution in [-0.4, -0.2) is 47.7 Å². The lowest BCUT2D eigenvalue weighted by atomic mass is 10.2. The van der Waals surface area contributed by atoms with Gasteiger partial charge in [-0.05, 0) is 48.9 Å². The minimum absolute atomic E-state index is 0.0109. The first-order valence-electron chi connectivity index (χ1n) is 7.77. The molecule has 1 aliphatic heterocycles. The zero-order chi connectivity index (χ0) is 15.2. The molecule has 0 bridgehead atoms. The standard InChI is InChI=1S/C15H25IN4O/c1-4-6-17-15-13(16)11(3)18-14(19-15)12-10-20(7-5-2)8-9-21-12/h12H,4-10H2,1-3H3,(H,17,18,19). The van der Waals surface area contributed by atoms with Crippen LogP contribution in [0.3, 0.4) is 0 Å². The van der Waals surface area contributed by atoms with Crippen molar-refractivity contribution in [3.8, 4) is 0 Å². The fourth-order valence-electron chi connectivity index (χ4n) is 2.46. The molecular weight excluding hydrogens is 379 g/mol. The van der Waals surface area contributed by atoms with Gasteiger partial charge in [0.1, 0.15) is 11.9 Å². The van der Waals surface area contributed by atoms with E-state index < -0.39 is 0 Å². The molecule has 2 heterocycles. The fraction of sp³-hybridized carbons (Fsp3) is 0.733. The van der Waals surface area contributed by atoms with E-state index in [0.717, 1.165) is 60.1 Å². The third-order valence-corrected chi connectivity index (χ3v) is 4.85. The molecule has 1 aliphatic rings. The van der Waals surface area contributed by atoms with Crippen molar-refractivity contribution in [2.75, 3.05) is 38.1 Å². The predicted molar refractivity (Wildman–Crippen MR) is 93.7 cm³/mol. The van der Waals surface area contributed by atoms with Crippen LogP contribution in [0.1, 0.15) is 44.3 Å². The van der Waals surface area contributed by atoms with E-state index in [2.05, 4.69) is 51.6 Å². The van der Waals surface area contributed by atoms with Gasteiger partial charge in [-0.15, -0.1) is 0 Å². The first-order valence-corrected chi connectivity index (χ1v) is 8.85. The molecule has 5 nitrogen and oxygen atoms in total. The van der Waals surface area contributed by atoms with Crippen LogP contribution in [0.25, 0.3) is 0 Å². The molecule has 0 aliphatic carbocycles. The summed E-state index contributed by atoms with van der Waals surface area (Å²) in [5.74, 6) is 1.75. The molecule has 2 rings (SSSR count). The summed E-state index contributed by atoms with van der Waals surface area (Å²) in [6.45, 7) is 11.1. The zero-order valence-electron chi connectivity index (χ0n) is 13.2. The monoisotopic (exact) mass is 404 g/mol. The second kappa shape index (κ2) is 8.24. The van der Waals surface area contributed by atoms with Gasteiger partial charge in [-0.3, -0.25) is 4.90 Å². The molecule has 21 heavy (non-hydrogen) atoms. The largest absolute Gasteiger partial charge is 0.369 e. The van der Waals surface area contributed by atoms with Gasteiger partial charge in [-0.25, -0.2) is 9.97 Å². The van der Waals surface area contributed by atoms with E-state index in [1.54, 1.807) is 0 Å². The molecule has 1 aromatic rings. The van der Waals surface area contributed by atoms with Crippen molar-refractivity contribution in [1.82, 2.24) is 14.9 Å². The smallest absolute Gasteiger partial charge is 0.161 e. The highest BCUT2D eigenvalue weighted by atomic mass is 127. The van der Waals surface area contributed by atoms with E-state index in [0.29, 0.717) is 0 Å². The van der Waals surface area contributed by atoms with Crippen LogP contribution in [0.15, 0.2) is 0 Å². The Balaban J connectivity index is 2.16. The normalized spacial score (nSPS) is 19.7. The van der Waals surface area contributed by atoms with E-state index in [1.165, 1.54) is 6.42 Å². The van der Waals surface area contributed by atoms with Gasteiger partial charge in [0.15, 0.2) is 5.82 Å². The van der Waals surface area contributed by atoms with Crippen molar-refractivity contribution in [2.24, 2.45) is 0 Å². The lowest BCUT2D eigenvalue weighted by Gasteiger charge is -2.32. The molecule has 0 saturated carbocycles. The maximum Gasteiger partial charge on any atom is 0.161 e. The van der Waals surface area contributed by atoms with Crippen LogP contribution >= 0.6 is 22.6 Å². The maximum atomic E-state index is 5.90. The van der Waals surface area contributed by atoms with Crippen LogP contribution < -0.4 is 5.32 Å². The van der Waals surface area contributed by atoms with Gasteiger partial charge in [0, 0.05) is 19.6 Å². The number of ether oxygens (including phenoxy) is 1. The molecule has 1 saturated heterocycles. The molecule has 0 amide bonds. The minimum Gasteiger partial charge on any atom is -0.369 e. The topological polar surface area (TPSA) is 50.3 Å². The molecule has 0 spiro atoms. The molecule has 118 valence electrons. The quantitative estimate of drug-likeness (QED) is 0.739. The Morgan fingerprint density at radius 1 is 1.33 bits per heavy atom.